The number of carbonyl (C=O) groups excluding carboxylic acids is 2. The number of hydrogen-bond acceptors (Lipinski definition) is 9. The Labute approximate surface area is 199 Å². The predicted molar refractivity (Wildman–Crippen MR) is 127 cm³/mol. The van der Waals surface area contributed by atoms with Gasteiger partial charge in [-0.25, -0.2) is 4.98 Å². The molecule has 0 aliphatic heterocycles. The summed E-state index contributed by atoms with van der Waals surface area (Å²) in [6, 6.07) is 11.8. The lowest BCUT2D eigenvalue weighted by atomic mass is 10.2. The molecule has 0 fully saturated rings. The minimum Gasteiger partial charge on any atom is -0.456 e. The van der Waals surface area contributed by atoms with Crippen LogP contribution in [0.4, 0.5) is 0 Å². The van der Waals surface area contributed by atoms with Gasteiger partial charge in [0.2, 0.25) is 5.89 Å². The van der Waals surface area contributed by atoms with Crippen molar-refractivity contribution in [1.29, 1.82) is 0 Å². The molecule has 172 valence electrons. The number of esters is 1. The highest BCUT2D eigenvalue weighted by Crippen LogP contribution is 2.24. The molecule has 0 aliphatic carbocycles. The first-order valence-electron chi connectivity index (χ1n) is 10.8. The van der Waals surface area contributed by atoms with Gasteiger partial charge in [0.1, 0.15) is 0 Å². The van der Waals surface area contributed by atoms with Gasteiger partial charge in [0.15, 0.2) is 6.61 Å². The fraction of sp³-hybridized carbons (Fsp3) is 0.348. The molecule has 0 saturated heterocycles. The Hall–Kier alpha value is -3.11. The van der Waals surface area contributed by atoms with Crippen LogP contribution in [0, 0.1) is 0 Å². The molecule has 0 spiro atoms. The van der Waals surface area contributed by atoms with Gasteiger partial charge in [-0.2, -0.15) is 0 Å². The Morgan fingerprint density at radius 1 is 1.15 bits per heavy atom. The van der Waals surface area contributed by atoms with E-state index in [4.69, 9.17) is 9.15 Å². The van der Waals surface area contributed by atoms with Gasteiger partial charge in [-0.05, 0) is 42.8 Å². The molecule has 3 heterocycles. The minimum absolute atomic E-state index is 0.181. The molecule has 0 bridgehead atoms. The number of fused-ring (bicyclic) bond motifs is 1. The molecule has 1 aromatic carbocycles. The molecular formula is C23H24N4O4S2. The summed E-state index contributed by atoms with van der Waals surface area (Å²) in [5, 5.41) is 11.0. The molecule has 4 aromatic rings. The maximum absolute atomic E-state index is 12.6. The van der Waals surface area contributed by atoms with Crippen LogP contribution in [0.3, 0.4) is 0 Å². The van der Waals surface area contributed by atoms with E-state index in [0.717, 1.165) is 26.5 Å². The van der Waals surface area contributed by atoms with Gasteiger partial charge < -0.3 is 14.1 Å². The highest BCUT2D eigenvalue weighted by molar-refractivity contribution is 7.18. The van der Waals surface area contributed by atoms with E-state index in [-0.39, 0.29) is 25.5 Å². The molecular weight excluding hydrogens is 460 g/mol. The summed E-state index contributed by atoms with van der Waals surface area (Å²) in [6.07, 6.45) is 2.33. The number of nitrogens with zero attached hydrogens (tertiary/aromatic N) is 4. The number of ether oxygens (including phenoxy) is 1. The van der Waals surface area contributed by atoms with E-state index in [0.29, 0.717) is 31.2 Å². The molecule has 0 unspecified atom stereocenters. The molecule has 0 saturated carbocycles. The Morgan fingerprint density at radius 3 is 2.82 bits per heavy atom. The number of carbonyl (C=O) groups is 2. The number of rotatable bonds is 11. The molecule has 4 rings (SSSR count). The lowest BCUT2D eigenvalue weighted by molar-refractivity contribution is -0.152. The maximum Gasteiger partial charge on any atom is 0.306 e. The topological polar surface area (TPSA) is 98.4 Å². The zero-order chi connectivity index (χ0) is 23.0. The van der Waals surface area contributed by atoms with Gasteiger partial charge in [-0.1, -0.05) is 25.1 Å². The largest absolute Gasteiger partial charge is 0.456 e. The number of amides is 1. The SMILES string of the molecule is CCCN(Cc1nnc(-c2cccs2)o1)C(=O)COC(=O)CCCc1nc2ccccc2s1. The molecule has 8 nitrogen and oxygen atoms in total. The summed E-state index contributed by atoms with van der Waals surface area (Å²) < 4.78 is 12.0. The fourth-order valence-electron chi connectivity index (χ4n) is 3.26. The van der Waals surface area contributed by atoms with Crippen molar-refractivity contribution in [3.8, 4) is 10.8 Å². The number of thiazole rings is 1. The minimum atomic E-state index is -0.390. The van der Waals surface area contributed by atoms with E-state index in [2.05, 4.69) is 15.2 Å². The van der Waals surface area contributed by atoms with Crippen LogP contribution >= 0.6 is 22.7 Å². The van der Waals surface area contributed by atoms with Crippen molar-refractivity contribution in [3.63, 3.8) is 0 Å². The second-order valence-electron chi connectivity index (χ2n) is 7.38. The van der Waals surface area contributed by atoms with Gasteiger partial charge >= 0.3 is 5.97 Å². The van der Waals surface area contributed by atoms with Crippen molar-refractivity contribution in [3.05, 3.63) is 52.7 Å². The number of benzene rings is 1. The van der Waals surface area contributed by atoms with Crippen molar-refractivity contribution in [2.24, 2.45) is 0 Å². The smallest absolute Gasteiger partial charge is 0.306 e. The van der Waals surface area contributed by atoms with Crippen LogP contribution in [0.15, 0.2) is 46.2 Å². The highest BCUT2D eigenvalue weighted by atomic mass is 32.1. The Bertz CT molecular complexity index is 1170. The first-order valence-corrected chi connectivity index (χ1v) is 12.5. The van der Waals surface area contributed by atoms with Crippen LogP contribution < -0.4 is 0 Å². The van der Waals surface area contributed by atoms with E-state index >= 15 is 0 Å². The molecule has 33 heavy (non-hydrogen) atoms. The first kappa shape index (κ1) is 23.1. The van der Waals surface area contributed by atoms with E-state index in [1.54, 1.807) is 16.2 Å². The fourth-order valence-corrected chi connectivity index (χ4v) is 4.91. The summed E-state index contributed by atoms with van der Waals surface area (Å²) >= 11 is 3.14. The van der Waals surface area contributed by atoms with Gasteiger partial charge in [-0.3, -0.25) is 9.59 Å². The van der Waals surface area contributed by atoms with Crippen molar-refractivity contribution in [1.82, 2.24) is 20.1 Å². The molecule has 10 heteroatoms. The van der Waals surface area contributed by atoms with Crippen molar-refractivity contribution in [2.45, 2.75) is 39.2 Å². The summed E-state index contributed by atoms with van der Waals surface area (Å²) in [5.41, 5.74) is 0.977. The van der Waals surface area contributed by atoms with Crippen LogP contribution in [0.1, 0.15) is 37.1 Å². The third-order valence-electron chi connectivity index (χ3n) is 4.84. The van der Waals surface area contributed by atoms with Crippen molar-refractivity contribution >= 4 is 44.8 Å². The summed E-state index contributed by atoms with van der Waals surface area (Å²) in [7, 11) is 0. The Kier molecular flexibility index (Phi) is 7.79. The average molecular weight is 485 g/mol. The van der Waals surface area contributed by atoms with Gasteiger partial charge in [0, 0.05) is 13.0 Å². The van der Waals surface area contributed by atoms with Crippen LogP contribution in [-0.2, 0) is 27.3 Å². The van der Waals surface area contributed by atoms with Crippen molar-refractivity contribution in [2.75, 3.05) is 13.2 Å². The molecule has 0 radical (unpaired) electrons. The third-order valence-corrected chi connectivity index (χ3v) is 6.79. The molecule has 1 amide bonds. The second-order valence-corrected chi connectivity index (χ2v) is 9.45. The van der Waals surface area contributed by atoms with Gasteiger partial charge in [0.25, 0.3) is 11.8 Å². The molecule has 0 aliphatic rings. The molecule has 0 N–H and O–H groups in total. The van der Waals surface area contributed by atoms with Crippen molar-refractivity contribution < 1.29 is 18.7 Å². The van der Waals surface area contributed by atoms with E-state index in [9.17, 15) is 9.59 Å². The maximum atomic E-state index is 12.6. The second kappa shape index (κ2) is 11.2. The summed E-state index contributed by atoms with van der Waals surface area (Å²) in [6.45, 7) is 2.36. The normalized spacial score (nSPS) is 11.1. The van der Waals surface area contributed by atoms with Crippen LogP contribution in [0.5, 0.6) is 0 Å². The first-order chi connectivity index (χ1) is 16.1. The number of hydrogen-bond donors (Lipinski definition) is 0. The predicted octanol–water partition coefficient (Wildman–Crippen LogP) is 4.71. The van der Waals surface area contributed by atoms with Crippen LogP contribution in [0.25, 0.3) is 21.0 Å². The summed E-state index contributed by atoms with van der Waals surface area (Å²) in [5.74, 6) is 0.108. The standard InChI is InChI=1S/C23H24N4O4S2/c1-2-12-27(14-19-25-26-23(31-19)18-9-6-13-32-18)21(28)15-30-22(29)11-5-10-20-24-16-7-3-4-8-17(16)33-20/h3-4,6-9,13H,2,5,10-12,14-15H2,1H3. The van der Waals surface area contributed by atoms with E-state index < -0.39 is 5.97 Å². The summed E-state index contributed by atoms with van der Waals surface area (Å²) in [4.78, 5) is 31.8. The number of aryl methyl sites for hydroxylation is 1. The quantitative estimate of drug-likeness (QED) is 0.284. The number of thiophene rings is 1. The van der Waals surface area contributed by atoms with Gasteiger partial charge in [0.05, 0.1) is 26.6 Å². The number of aromatic nitrogens is 3. The third kappa shape index (κ3) is 6.23. The Balaban J connectivity index is 1.22. The van der Waals surface area contributed by atoms with Crippen LogP contribution in [0.2, 0.25) is 0 Å². The van der Waals surface area contributed by atoms with E-state index in [1.807, 2.05) is 48.7 Å². The zero-order valence-corrected chi connectivity index (χ0v) is 19.9. The zero-order valence-electron chi connectivity index (χ0n) is 18.2. The molecule has 0 atom stereocenters. The monoisotopic (exact) mass is 484 g/mol. The lowest BCUT2D eigenvalue weighted by Crippen LogP contribution is -2.35. The van der Waals surface area contributed by atoms with E-state index in [1.165, 1.54) is 11.3 Å². The Morgan fingerprint density at radius 2 is 2.03 bits per heavy atom. The number of para-hydroxylation sites is 1. The molecule has 3 aromatic heterocycles. The lowest BCUT2D eigenvalue weighted by Gasteiger charge is -2.20. The van der Waals surface area contributed by atoms with Gasteiger partial charge in [-0.15, -0.1) is 32.9 Å². The van der Waals surface area contributed by atoms with Crippen LogP contribution in [-0.4, -0.2) is 45.1 Å². The average Bonchev–Trinajstić information content (AvgIpc) is 3.57. The highest BCUT2D eigenvalue weighted by Gasteiger charge is 2.19.